The van der Waals surface area contributed by atoms with Gasteiger partial charge in [-0.05, 0) is 25.8 Å². The van der Waals surface area contributed by atoms with Crippen molar-refractivity contribution >= 4 is 17.6 Å². The number of nitrogens with zero attached hydrogens (tertiary/aromatic N) is 2. The van der Waals surface area contributed by atoms with Crippen LogP contribution in [-0.4, -0.2) is 45.5 Å². The summed E-state index contributed by atoms with van der Waals surface area (Å²) in [5.74, 6) is -1.30. The topological polar surface area (TPSA) is 110 Å². The van der Waals surface area contributed by atoms with Crippen molar-refractivity contribution in [1.82, 2.24) is 4.90 Å². The van der Waals surface area contributed by atoms with Crippen LogP contribution in [0, 0.1) is 10.1 Å². The van der Waals surface area contributed by atoms with Crippen LogP contribution in [0.1, 0.15) is 19.8 Å². The van der Waals surface area contributed by atoms with E-state index in [1.165, 1.54) is 36.1 Å². The molecule has 1 heterocycles. The number of benzene rings is 1. The monoisotopic (exact) mass is 308 g/mol. The van der Waals surface area contributed by atoms with Gasteiger partial charge >= 0.3 is 5.97 Å². The molecule has 1 N–H and O–H groups in total. The number of ether oxygens (including phenoxy) is 1. The number of rotatable bonds is 5. The Morgan fingerprint density at radius 2 is 2.23 bits per heavy atom. The van der Waals surface area contributed by atoms with Gasteiger partial charge in [0.15, 0.2) is 6.61 Å². The van der Waals surface area contributed by atoms with Crippen LogP contribution in [-0.2, 0) is 9.59 Å². The van der Waals surface area contributed by atoms with Crippen LogP contribution >= 0.6 is 0 Å². The van der Waals surface area contributed by atoms with E-state index in [1.54, 1.807) is 0 Å². The summed E-state index contributed by atoms with van der Waals surface area (Å²) in [5.41, 5.74) is -1.36. The molecule has 1 aliphatic heterocycles. The Kier molecular flexibility index (Phi) is 4.30. The number of carbonyl (C=O) groups excluding carboxylic acids is 1. The lowest BCUT2D eigenvalue weighted by Crippen LogP contribution is -2.52. The van der Waals surface area contributed by atoms with Gasteiger partial charge in [-0.3, -0.25) is 14.9 Å². The van der Waals surface area contributed by atoms with E-state index in [0.29, 0.717) is 19.4 Å². The van der Waals surface area contributed by atoms with Crippen LogP contribution in [0.25, 0.3) is 0 Å². The highest BCUT2D eigenvalue weighted by atomic mass is 16.6. The third kappa shape index (κ3) is 3.00. The van der Waals surface area contributed by atoms with Crippen LogP contribution in [0.3, 0.4) is 0 Å². The second-order valence-electron chi connectivity index (χ2n) is 5.27. The highest BCUT2D eigenvalue weighted by Gasteiger charge is 2.45. The van der Waals surface area contributed by atoms with Crippen molar-refractivity contribution in [1.29, 1.82) is 0 Å². The molecule has 1 unspecified atom stereocenters. The Hall–Kier alpha value is -2.64. The fourth-order valence-electron chi connectivity index (χ4n) is 2.50. The third-order valence-electron chi connectivity index (χ3n) is 3.79. The van der Waals surface area contributed by atoms with E-state index < -0.39 is 22.3 Å². The van der Waals surface area contributed by atoms with Gasteiger partial charge in [0, 0.05) is 12.6 Å². The first-order valence-electron chi connectivity index (χ1n) is 6.76. The first-order chi connectivity index (χ1) is 10.3. The maximum Gasteiger partial charge on any atom is 0.329 e. The van der Waals surface area contributed by atoms with Gasteiger partial charge in [0.1, 0.15) is 11.3 Å². The summed E-state index contributed by atoms with van der Waals surface area (Å²) in [4.78, 5) is 34.9. The first kappa shape index (κ1) is 15.7. The zero-order valence-electron chi connectivity index (χ0n) is 12.0. The molecule has 1 atom stereocenters. The highest BCUT2D eigenvalue weighted by molar-refractivity contribution is 5.88. The number of hydrogen-bond donors (Lipinski definition) is 1. The molecule has 118 valence electrons. The van der Waals surface area contributed by atoms with Crippen molar-refractivity contribution in [2.45, 2.75) is 25.3 Å². The molecule has 0 aromatic heterocycles. The zero-order valence-corrected chi connectivity index (χ0v) is 12.0. The molecule has 1 aliphatic rings. The minimum absolute atomic E-state index is 0.138. The Morgan fingerprint density at radius 3 is 2.86 bits per heavy atom. The van der Waals surface area contributed by atoms with Crippen LogP contribution in [0.5, 0.6) is 5.75 Å². The van der Waals surface area contributed by atoms with Gasteiger partial charge in [-0.15, -0.1) is 0 Å². The normalized spacial score (nSPS) is 20.7. The zero-order chi connectivity index (χ0) is 16.3. The number of carboxylic acid groups (broad SMARTS) is 1. The minimum Gasteiger partial charge on any atom is -0.484 e. The first-order valence-corrected chi connectivity index (χ1v) is 6.76. The summed E-state index contributed by atoms with van der Waals surface area (Å²) in [6.07, 6.45) is 1.01. The fraction of sp³-hybridized carbons (Fsp3) is 0.429. The SMILES string of the molecule is CC1(C(=O)O)CCCN1C(=O)COc1cccc([N+](=O)[O-])c1. The number of aliphatic carboxylic acids is 1. The van der Waals surface area contributed by atoms with Crippen molar-refractivity contribution in [3.8, 4) is 5.75 Å². The number of non-ortho nitro benzene ring substituents is 1. The van der Waals surface area contributed by atoms with E-state index in [1.807, 2.05) is 0 Å². The lowest BCUT2D eigenvalue weighted by Gasteiger charge is -2.31. The predicted molar refractivity (Wildman–Crippen MR) is 75.6 cm³/mol. The minimum atomic E-state index is -1.22. The molecule has 1 saturated heterocycles. The quantitative estimate of drug-likeness (QED) is 0.651. The van der Waals surface area contributed by atoms with Crippen molar-refractivity contribution in [2.24, 2.45) is 0 Å². The van der Waals surface area contributed by atoms with Crippen molar-refractivity contribution in [3.63, 3.8) is 0 Å². The van der Waals surface area contributed by atoms with E-state index in [-0.39, 0.29) is 18.0 Å². The molecule has 1 aromatic carbocycles. The predicted octanol–water partition coefficient (Wildman–Crippen LogP) is 1.44. The van der Waals surface area contributed by atoms with Gasteiger partial charge in [-0.25, -0.2) is 4.79 Å². The Labute approximate surface area is 126 Å². The fourth-order valence-corrected chi connectivity index (χ4v) is 2.50. The van der Waals surface area contributed by atoms with E-state index in [9.17, 15) is 24.8 Å². The van der Waals surface area contributed by atoms with Crippen molar-refractivity contribution in [3.05, 3.63) is 34.4 Å². The molecule has 0 aliphatic carbocycles. The number of carbonyl (C=O) groups is 2. The van der Waals surface area contributed by atoms with E-state index >= 15 is 0 Å². The highest BCUT2D eigenvalue weighted by Crippen LogP contribution is 2.29. The molecule has 2 rings (SSSR count). The lowest BCUT2D eigenvalue weighted by atomic mass is 9.99. The van der Waals surface area contributed by atoms with E-state index in [4.69, 9.17) is 4.74 Å². The summed E-state index contributed by atoms with van der Waals surface area (Å²) in [6, 6.07) is 5.49. The number of amides is 1. The summed E-state index contributed by atoms with van der Waals surface area (Å²) in [7, 11) is 0. The maximum atomic E-state index is 12.2. The number of carboxylic acids is 1. The number of nitro benzene ring substituents is 1. The summed E-state index contributed by atoms with van der Waals surface area (Å²) >= 11 is 0. The van der Waals surface area contributed by atoms with E-state index in [0.717, 1.165) is 0 Å². The average Bonchev–Trinajstić information content (AvgIpc) is 2.88. The van der Waals surface area contributed by atoms with Gasteiger partial charge in [0.2, 0.25) is 0 Å². The lowest BCUT2D eigenvalue weighted by molar-refractivity contribution is -0.384. The molecule has 0 spiro atoms. The Morgan fingerprint density at radius 1 is 1.50 bits per heavy atom. The third-order valence-corrected chi connectivity index (χ3v) is 3.79. The standard InChI is InChI=1S/C14H16N2O6/c1-14(13(18)19)6-3-7-15(14)12(17)9-22-11-5-2-4-10(8-11)16(20)21/h2,4-5,8H,3,6-7,9H2,1H3,(H,18,19). The van der Waals surface area contributed by atoms with Crippen LogP contribution < -0.4 is 4.74 Å². The Balaban J connectivity index is 2.02. The van der Waals surface area contributed by atoms with Gasteiger partial charge in [-0.1, -0.05) is 6.07 Å². The van der Waals surface area contributed by atoms with Gasteiger partial charge in [0.05, 0.1) is 11.0 Å². The molecule has 22 heavy (non-hydrogen) atoms. The number of nitro groups is 1. The van der Waals surface area contributed by atoms with Gasteiger partial charge < -0.3 is 14.7 Å². The second-order valence-corrected chi connectivity index (χ2v) is 5.27. The van der Waals surface area contributed by atoms with Crippen LogP contribution in [0.2, 0.25) is 0 Å². The van der Waals surface area contributed by atoms with E-state index in [2.05, 4.69) is 0 Å². The van der Waals surface area contributed by atoms with Gasteiger partial charge in [0.25, 0.3) is 11.6 Å². The summed E-state index contributed by atoms with van der Waals surface area (Å²) in [6.45, 7) is 1.51. The summed E-state index contributed by atoms with van der Waals surface area (Å²) in [5, 5.41) is 19.9. The molecule has 1 amide bonds. The maximum absolute atomic E-state index is 12.2. The van der Waals surface area contributed by atoms with Crippen molar-refractivity contribution < 1.29 is 24.4 Å². The van der Waals surface area contributed by atoms with Crippen molar-refractivity contribution in [2.75, 3.05) is 13.2 Å². The molecule has 0 saturated carbocycles. The number of likely N-dealkylation sites (tertiary alicyclic amines) is 1. The molecule has 1 fully saturated rings. The Bertz CT molecular complexity index is 617. The molecular formula is C14H16N2O6. The average molecular weight is 308 g/mol. The van der Waals surface area contributed by atoms with Gasteiger partial charge in [-0.2, -0.15) is 0 Å². The molecule has 0 bridgehead atoms. The van der Waals surface area contributed by atoms with Crippen LogP contribution in [0.4, 0.5) is 5.69 Å². The molecule has 8 nitrogen and oxygen atoms in total. The smallest absolute Gasteiger partial charge is 0.329 e. The molecular weight excluding hydrogens is 292 g/mol. The van der Waals surface area contributed by atoms with Crippen LogP contribution in [0.15, 0.2) is 24.3 Å². The molecule has 1 aromatic rings. The number of hydrogen-bond acceptors (Lipinski definition) is 5. The molecule has 0 radical (unpaired) electrons. The molecule has 8 heteroatoms. The summed E-state index contributed by atoms with van der Waals surface area (Å²) < 4.78 is 5.26. The second kappa shape index (κ2) is 6.00. The largest absolute Gasteiger partial charge is 0.484 e.